The minimum atomic E-state index is -0.473. The van der Waals surface area contributed by atoms with E-state index in [1.165, 1.54) is 29.2 Å². The van der Waals surface area contributed by atoms with Crippen molar-refractivity contribution in [3.63, 3.8) is 0 Å². The van der Waals surface area contributed by atoms with Crippen LogP contribution in [0.15, 0.2) is 95.9 Å². The van der Waals surface area contributed by atoms with Gasteiger partial charge in [0.2, 0.25) is 16.9 Å². The topological polar surface area (TPSA) is 84.0 Å². The minimum Gasteiger partial charge on any atom is -0.323 e. The van der Waals surface area contributed by atoms with Gasteiger partial charge in [-0.15, -0.1) is 22.0 Å². The predicted molar refractivity (Wildman–Crippen MR) is 139 cm³/mol. The van der Waals surface area contributed by atoms with Crippen molar-refractivity contribution in [2.45, 2.75) is 17.1 Å². The first-order valence-electron chi connectivity index (χ1n) is 10.5. The maximum absolute atomic E-state index is 13.1. The molecule has 1 unspecified atom stereocenters. The van der Waals surface area contributed by atoms with Crippen LogP contribution in [0.2, 0.25) is 0 Å². The van der Waals surface area contributed by atoms with Crippen LogP contribution in [0.5, 0.6) is 0 Å². The number of hydrogen-bond donors (Lipinski definition) is 2. The van der Waals surface area contributed by atoms with E-state index in [4.69, 9.17) is 0 Å². The molecule has 3 aromatic carbocycles. The largest absolute Gasteiger partial charge is 0.323 e. The van der Waals surface area contributed by atoms with E-state index in [1.807, 2.05) is 91.9 Å². The lowest BCUT2D eigenvalue weighted by Crippen LogP contribution is -2.19. The zero-order chi connectivity index (χ0) is 23.8. The molecule has 4 rings (SSSR count). The molecule has 0 radical (unpaired) electrons. The Labute approximate surface area is 206 Å². The zero-order valence-corrected chi connectivity index (χ0v) is 20.0. The molecule has 0 fully saturated rings. The highest BCUT2D eigenvalue weighted by molar-refractivity contribution is 8.00. The molecule has 34 heavy (non-hydrogen) atoms. The van der Waals surface area contributed by atoms with E-state index >= 15 is 0 Å². The average molecular weight is 487 g/mol. The lowest BCUT2D eigenvalue weighted by molar-refractivity contribution is -0.116. The molecule has 0 bridgehead atoms. The zero-order valence-electron chi connectivity index (χ0n) is 18.3. The summed E-state index contributed by atoms with van der Waals surface area (Å²) in [7, 11) is 0. The average Bonchev–Trinajstić information content (AvgIpc) is 3.27. The summed E-state index contributed by atoms with van der Waals surface area (Å²) in [5.74, 6) is -0.381. The molecule has 8 heteroatoms. The number of nitrogens with zero attached hydrogens (tertiary/aromatic N) is 2. The summed E-state index contributed by atoms with van der Waals surface area (Å²) in [4.78, 5) is 26.2. The molecule has 6 nitrogen and oxygen atoms in total. The lowest BCUT2D eigenvalue weighted by Gasteiger charge is -2.16. The highest BCUT2D eigenvalue weighted by atomic mass is 32.2. The van der Waals surface area contributed by atoms with Crippen molar-refractivity contribution >= 4 is 51.8 Å². The monoisotopic (exact) mass is 486 g/mol. The van der Waals surface area contributed by atoms with Gasteiger partial charge in [0.15, 0.2) is 0 Å². The molecular formula is C26H22N4O2S2. The Balaban J connectivity index is 1.43. The maximum Gasteiger partial charge on any atom is 0.248 e. The van der Waals surface area contributed by atoms with Crippen LogP contribution in [0.25, 0.3) is 6.08 Å². The normalized spacial score (nSPS) is 11.8. The van der Waals surface area contributed by atoms with Crippen LogP contribution < -0.4 is 10.6 Å². The van der Waals surface area contributed by atoms with E-state index in [2.05, 4.69) is 20.8 Å². The second kappa shape index (κ2) is 11.4. The molecule has 1 heterocycles. The smallest absolute Gasteiger partial charge is 0.248 e. The van der Waals surface area contributed by atoms with Gasteiger partial charge in [-0.05, 0) is 48.4 Å². The van der Waals surface area contributed by atoms with Gasteiger partial charge in [-0.25, -0.2) is 0 Å². The molecule has 1 atom stereocenters. The molecule has 4 aromatic rings. The van der Waals surface area contributed by atoms with E-state index in [9.17, 15) is 9.59 Å². The van der Waals surface area contributed by atoms with Crippen LogP contribution in [0, 0.1) is 6.92 Å². The van der Waals surface area contributed by atoms with Crippen molar-refractivity contribution < 1.29 is 9.59 Å². The van der Waals surface area contributed by atoms with Gasteiger partial charge >= 0.3 is 0 Å². The van der Waals surface area contributed by atoms with Gasteiger partial charge in [-0.3, -0.25) is 14.9 Å². The number of rotatable bonds is 8. The van der Waals surface area contributed by atoms with Gasteiger partial charge in [0, 0.05) is 16.7 Å². The standard InChI is InChI=1S/C26H22N4O2S2/c1-18-29-30-26(33-18)28-25(32)24(20-10-6-3-7-11-20)34-22-15-13-21(14-16-22)27-23(31)17-12-19-8-4-2-5-9-19/h2-17,24H,1H3,(H,27,31)(H,28,30,32)/b17-12+. The van der Waals surface area contributed by atoms with E-state index in [-0.39, 0.29) is 11.8 Å². The highest BCUT2D eigenvalue weighted by Gasteiger charge is 2.23. The molecule has 0 saturated carbocycles. The summed E-state index contributed by atoms with van der Waals surface area (Å²) < 4.78 is 0. The Hall–Kier alpha value is -3.75. The third-order valence-electron chi connectivity index (χ3n) is 4.70. The van der Waals surface area contributed by atoms with Crippen molar-refractivity contribution in [1.29, 1.82) is 0 Å². The first kappa shape index (κ1) is 23.4. The summed E-state index contributed by atoms with van der Waals surface area (Å²) in [5, 5.41) is 14.5. The molecule has 170 valence electrons. The minimum absolute atomic E-state index is 0.171. The number of benzene rings is 3. The van der Waals surface area contributed by atoms with Gasteiger partial charge < -0.3 is 5.32 Å². The Morgan fingerprint density at radius 1 is 0.882 bits per heavy atom. The fourth-order valence-electron chi connectivity index (χ4n) is 3.09. The maximum atomic E-state index is 13.1. The van der Waals surface area contributed by atoms with Crippen molar-refractivity contribution in [3.8, 4) is 0 Å². The first-order chi connectivity index (χ1) is 16.6. The molecule has 0 aliphatic carbocycles. The summed E-state index contributed by atoms with van der Waals surface area (Å²) in [6, 6.07) is 26.7. The molecule has 1 aromatic heterocycles. The number of aromatic nitrogens is 2. The first-order valence-corrected chi connectivity index (χ1v) is 12.2. The second-order valence-electron chi connectivity index (χ2n) is 7.28. The van der Waals surface area contributed by atoms with Crippen molar-refractivity contribution in [2.24, 2.45) is 0 Å². The number of carbonyl (C=O) groups excluding carboxylic acids is 2. The third-order valence-corrected chi connectivity index (χ3v) is 6.72. The van der Waals surface area contributed by atoms with E-state index in [1.54, 1.807) is 6.08 Å². The number of carbonyl (C=O) groups is 2. The molecule has 2 N–H and O–H groups in total. The Kier molecular flexibility index (Phi) is 7.85. The molecule has 0 aliphatic rings. The highest BCUT2D eigenvalue weighted by Crippen LogP contribution is 2.37. The van der Waals surface area contributed by atoms with Crippen LogP contribution in [-0.4, -0.2) is 22.0 Å². The molecule has 0 aliphatic heterocycles. The number of hydrogen-bond acceptors (Lipinski definition) is 6. The van der Waals surface area contributed by atoms with Crippen LogP contribution in [0.3, 0.4) is 0 Å². The Morgan fingerprint density at radius 3 is 2.21 bits per heavy atom. The van der Waals surface area contributed by atoms with Crippen LogP contribution in [-0.2, 0) is 9.59 Å². The fourth-order valence-corrected chi connectivity index (χ4v) is 4.71. The van der Waals surface area contributed by atoms with Crippen molar-refractivity contribution in [1.82, 2.24) is 10.2 Å². The molecule has 0 spiro atoms. The summed E-state index contributed by atoms with van der Waals surface area (Å²) in [5.41, 5.74) is 2.52. The Morgan fingerprint density at radius 2 is 1.56 bits per heavy atom. The summed E-state index contributed by atoms with van der Waals surface area (Å²) in [6.45, 7) is 1.84. The SMILES string of the molecule is Cc1nnc(NC(=O)C(Sc2ccc(NC(=O)/C=C/c3ccccc3)cc2)c2ccccc2)s1. The van der Waals surface area contributed by atoms with Gasteiger partial charge in [0.05, 0.1) is 0 Å². The predicted octanol–water partition coefficient (Wildman–Crippen LogP) is 5.97. The van der Waals surface area contributed by atoms with Crippen molar-refractivity contribution in [2.75, 3.05) is 10.6 Å². The number of thioether (sulfide) groups is 1. The summed E-state index contributed by atoms with van der Waals surface area (Å²) in [6.07, 6.45) is 3.27. The lowest BCUT2D eigenvalue weighted by atomic mass is 10.1. The van der Waals surface area contributed by atoms with Crippen LogP contribution in [0.4, 0.5) is 10.8 Å². The third kappa shape index (κ3) is 6.63. The number of amides is 2. The number of aryl methyl sites for hydroxylation is 1. The molecular weight excluding hydrogens is 464 g/mol. The summed E-state index contributed by atoms with van der Waals surface area (Å²) >= 11 is 2.76. The van der Waals surface area contributed by atoms with Gasteiger partial charge in [-0.2, -0.15) is 0 Å². The van der Waals surface area contributed by atoms with E-state index in [0.29, 0.717) is 10.8 Å². The quantitative estimate of drug-likeness (QED) is 0.237. The van der Waals surface area contributed by atoms with E-state index in [0.717, 1.165) is 21.0 Å². The van der Waals surface area contributed by atoms with Crippen LogP contribution >= 0.6 is 23.1 Å². The molecule has 2 amide bonds. The second-order valence-corrected chi connectivity index (χ2v) is 9.64. The number of anilines is 2. The Bertz CT molecular complexity index is 1270. The fraction of sp³-hybridized carbons (Fsp3) is 0.0769. The van der Waals surface area contributed by atoms with Gasteiger partial charge in [-0.1, -0.05) is 72.0 Å². The van der Waals surface area contributed by atoms with Gasteiger partial charge in [0.1, 0.15) is 10.3 Å². The van der Waals surface area contributed by atoms with E-state index < -0.39 is 5.25 Å². The van der Waals surface area contributed by atoms with Crippen LogP contribution in [0.1, 0.15) is 21.4 Å². The van der Waals surface area contributed by atoms with Crippen molar-refractivity contribution in [3.05, 3.63) is 107 Å². The molecule has 0 saturated heterocycles. The van der Waals surface area contributed by atoms with Gasteiger partial charge in [0.25, 0.3) is 0 Å². The number of nitrogens with one attached hydrogen (secondary N) is 2.